The lowest BCUT2D eigenvalue weighted by Crippen LogP contribution is -2.62. The summed E-state index contributed by atoms with van der Waals surface area (Å²) in [6.07, 6.45) is -1.84. The van der Waals surface area contributed by atoms with Crippen molar-refractivity contribution in [3.63, 3.8) is 0 Å². The second-order valence-corrected chi connectivity index (χ2v) is 20.4. The number of carboxylic acids is 1. The van der Waals surface area contributed by atoms with Crippen molar-refractivity contribution in [1.82, 2.24) is 57.8 Å². The summed E-state index contributed by atoms with van der Waals surface area (Å²) in [5, 5.41) is 41.9. The lowest BCUT2D eigenvalue weighted by molar-refractivity contribution is -0.141. The summed E-state index contributed by atoms with van der Waals surface area (Å²) in [6.45, 7) is 10.4. The van der Waals surface area contributed by atoms with E-state index in [4.69, 9.17) is 22.9 Å². The number of aromatic nitrogens is 2. The van der Waals surface area contributed by atoms with Crippen LogP contribution in [-0.4, -0.2) is 164 Å². The number of hydrogen-bond donors (Lipinski definition) is 16. The van der Waals surface area contributed by atoms with Crippen molar-refractivity contribution >= 4 is 76.9 Å². The molecule has 20 N–H and O–H groups in total. The molecule has 0 saturated carbocycles. The van der Waals surface area contributed by atoms with Crippen LogP contribution in [-0.2, 0) is 75.2 Å². The van der Waals surface area contributed by atoms with Crippen LogP contribution in [0.2, 0.25) is 0 Å². The maximum atomic E-state index is 14.2. The molecule has 0 bridgehead atoms. The quantitative estimate of drug-likeness (QED) is 0.0302. The summed E-state index contributed by atoms with van der Waals surface area (Å²) in [5.74, 6) is -13.7. The molecule has 12 atom stereocenters. The Morgan fingerprint density at radius 3 is 1.40 bits per heavy atom. The first-order valence-electron chi connectivity index (χ1n) is 26.7. The van der Waals surface area contributed by atoms with Crippen LogP contribution in [0.3, 0.4) is 0 Å². The average Bonchev–Trinajstić information content (AvgIpc) is 3.92. The molecule has 0 saturated heterocycles. The summed E-state index contributed by atoms with van der Waals surface area (Å²) in [7, 11) is 0. The Hall–Kier alpha value is -8.54. The van der Waals surface area contributed by atoms with E-state index in [-0.39, 0.29) is 25.2 Å². The number of nitrogens with zero attached hydrogens (tertiary/aromatic N) is 1. The smallest absolute Gasteiger partial charge is 0.325 e. The number of rotatable bonds is 37. The van der Waals surface area contributed by atoms with E-state index in [1.54, 1.807) is 58.0 Å². The minimum Gasteiger partial charge on any atom is -0.480 e. The molecule has 1 aromatic heterocycles. The molecular weight excluding hydrogens is 1070 g/mol. The van der Waals surface area contributed by atoms with E-state index < -0.39 is 188 Å². The molecule has 454 valence electrons. The van der Waals surface area contributed by atoms with Crippen LogP contribution in [0, 0.1) is 11.8 Å². The van der Waals surface area contributed by atoms with Gasteiger partial charge in [0.1, 0.15) is 54.4 Å². The summed E-state index contributed by atoms with van der Waals surface area (Å²) in [4.78, 5) is 178. The topological polar surface area (TPSA) is 503 Å². The number of nitrogens with one attached hydrogen (secondary N) is 10. The van der Waals surface area contributed by atoms with Crippen LogP contribution in [0.1, 0.15) is 111 Å². The Labute approximate surface area is 474 Å². The number of imidazole rings is 1. The van der Waals surface area contributed by atoms with Gasteiger partial charge in [-0.25, -0.2) is 4.98 Å². The van der Waals surface area contributed by atoms with Gasteiger partial charge in [-0.1, -0.05) is 64.4 Å². The lowest BCUT2D eigenvalue weighted by Gasteiger charge is -2.29. The van der Waals surface area contributed by atoms with Crippen molar-refractivity contribution in [1.29, 1.82) is 0 Å². The van der Waals surface area contributed by atoms with Gasteiger partial charge in [0.15, 0.2) is 0 Å². The Balaban J connectivity index is 2.42. The molecule has 0 aliphatic carbocycles. The number of aliphatic hydroxyl groups is 1. The second kappa shape index (κ2) is 34.6. The third-order valence-electron chi connectivity index (χ3n) is 12.9. The van der Waals surface area contributed by atoms with Crippen molar-refractivity contribution in [3.8, 4) is 0 Å². The Morgan fingerprint density at radius 2 is 0.951 bits per heavy atom. The zero-order chi connectivity index (χ0) is 62.0. The van der Waals surface area contributed by atoms with Gasteiger partial charge in [0, 0.05) is 37.6 Å². The van der Waals surface area contributed by atoms with Gasteiger partial charge in [-0.2, -0.15) is 0 Å². The normalized spacial score (nSPS) is 15.5. The van der Waals surface area contributed by atoms with Gasteiger partial charge in [0.05, 0.1) is 18.5 Å². The first-order valence-corrected chi connectivity index (χ1v) is 26.7. The molecule has 82 heavy (non-hydrogen) atoms. The van der Waals surface area contributed by atoms with E-state index in [1.807, 2.05) is 0 Å². The number of amides is 12. The fraction of sp³-hybridized carbons (Fsp3) is 0.577. The average molecular weight is 1160 g/mol. The summed E-state index contributed by atoms with van der Waals surface area (Å²) >= 11 is 0. The van der Waals surface area contributed by atoms with Crippen molar-refractivity contribution in [2.75, 3.05) is 0 Å². The molecule has 1 aromatic carbocycles. The van der Waals surface area contributed by atoms with Crippen LogP contribution in [0.15, 0.2) is 42.9 Å². The predicted molar refractivity (Wildman–Crippen MR) is 293 cm³/mol. The van der Waals surface area contributed by atoms with E-state index in [9.17, 15) is 72.5 Å². The van der Waals surface area contributed by atoms with Crippen LogP contribution in [0.25, 0.3) is 0 Å². The van der Waals surface area contributed by atoms with Gasteiger partial charge in [0.25, 0.3) is 0 Å². The van der Waals surface area contributed by atoms with Gasteiger partial charge in [-0.3, -0.25) is 62.3 Å². The first-order chi connectivity index (χ1) is 38.4. The number of aliphatic hydroxyl groups excluding tert-OH is 1. The second-order valence-electron chi connectivity index (χ2n) is 20.4. The van der Waals surface area contributed by atoms with Crippen LogP contribution in [0.5, 0.6) is 0 Å². The number of aliphatic carboxylic acids is 1. The van der Waals surface area contributed by atoms with Gasteiger partial charge >= 0.3 is 5.97 Å². The van der Waals surface area contributed by atoms with Gasteiger partial charge in [-0.15, -0.1) is 0 Å². The molecule has 2 aromatic rings. The van der Waals surface area contributed by atoms with Crippen LogP contribution < -0.4 is 70.8 Å². The highest BCUT2D eigenvalue weighted by Crippen LogP contribution is 2.13. The molecule has 0 spiro atoms. The SMILES string of the molecule is CC[C@H](C)[C@H](NC(=O)[C@@H](N)Cc1ccccc1)C(=O)N[C@@H](CCC(N)=O)C(=O)N[C@H](C(=O)N[C@@H](CCC(N)=O)C(=O)N[C@@H](CCC(N)=O)C(=O)N[C@@H](CC(C)C)C(=O)N[C@@H](Cc1cnc[nH]1)C(=O)N[C@@H](C)C(=O)N[C@@H](C)C(=O)O)[C@@H](C)O. The molecule has 2 rings (SSSR count). The number of carbonyl (C=O) groups is 13. The van der Waals surface area contributed by atoms with E-state index in [0.29, 0.717) is 12.1 Å². The molecule has 1 heterocycles. The fourth-order valence-corrected chi connectivity index (χ4v) is 7.90. The highest BCUT2D eigenvalue weighted by molar-refractivity contribution is 5.99. The molecular formula is C52H81N15O15. The zero-order valence-corrected chi connectivity index (χ0v) is 47.1. The summed E-state index contributed by atoms with van der Waals surface area (Å²) < 4.78 is 0. The van der Waals surface area contributed by atoms with Gasteiger partial charge in [0.2, 0.25) is 70.9 Å². The van der Waals surface area contributed by atoms with Gasteiger partial charge in [-0.05, 0) is 70.3 Å². The number of benzene rings is 1. The fourth-order valence-electron chi connectivity index (χ4n) is 7.90. The number of carboxylic acid groups (broad SMARTS) is 1. The van der Waals surface area contributed by atoms with Crippen LogP contribution >= 0.6 is 0 Å². The highest BCUT2D eigenvalue weighted by atomic mass is 16.4. The summed E-state index contributed by atoms with van der Waals surface area (Å²) in [5.41, 5.74) is 23.5. The maximum Gasteiger partial charge on any atom is 0.325 e. The zero-order valence-electron chi connectivity index (χ0n) is 47.1. The molecule has 0 aliphatic heterocycles. The van der Waals surface area contributed by atoms with Crippen molar-refractivity contribution < 1.29 is 72.5 Å². The number of nitrogens with two attached hydrogens (primary N) is 4. The van der Waals surface area contributed by atoms with Gasteiger partial charge < -0.3 is 86.0 Å². The van der Waals surface area contributed by atoms with Crippen molar-refractivity contribution in [3.05, 3.63) is 54.1 Å². The molecule has 0 aliphatic rings. The van der Waals surface area contributed by atoms with Crippen LogP contribution in [0.4, 0.5) is 0 Å². The molecule has 0 unspecified atom stereocenters. The first kappa shape index (κ1) is 69.6. The third-order valence-corrected chi connectivity index (χ3v) is 12.9. The Morgan fingerprint density at radius 1 is 0.524 bits per heavy atom. The Kier molecular flexibility index (Phi) is 29.3. The third kappa shape index (κ3) is 24.9. The molecule has 0 radical (unpaired) electrons. The number of aromatic amines is 1. The van der Waals surface area contributed by atoms with E-state index in [2.05, 4.69) is 57.8 Å². The minimum atomic E-state index is -1.92. The summed E-state index contributed by atoms with van der Waals surface area (Å²) in [6, 6.07) is -5.94. The minimum absolute atomic E-state index is 0.0753. The molecule has 30 nitrogen and oxygen atoms in total. The number of primary amides is 3. The van der Waals surface area contributed by atoms with E-state index in [1.165, 1.54) is 26.4 Å². The predicted octanol–water partition coefficient (Wildman–Crippen LogP) is -4.72. The number of hydrogen-bond acceptors (Lipinski definition) is 16. The molecule has 30 heteroatoms. The largest absolute Gasteiger partial charge is 0.480 e. The van der Waals surface area contributed by atoms with Crippen molar-refractivity contribution in [2.45, 2.75) is 179 Å². The monoisotopic (exact) mass is 1160 g/mol. The number of H-pyrrole nitrogens is 1. The highest BCUT2D eigenvalue weighted by Gasteiger charge is 2.37. The molecule has 0 fully saturated rings. The molecule has 12 amide bonds. The van der Waals surface area contributed by atoms with Crippen molar-refractivity contribution in [2.24, 2.45) is 34.8 Å². The van der Waals surface area contributed by atoms with E-state index in [0.717, 1.165) is 12.5 Å². The maximum absolute atomic E-state index is 14.2. The number of carbonyl (C=O) groups excluding carboxylic acids is 12. The standard InChI is InChI=1S/C52H81N15O15/c1-8-26(4)41(66-44(73)32(53)21-30-12-10-9-11-13-30)50(79)62-35(16-19-40(56)71)47(76)67-42(29(7)68)51(80)63-34(15-18-39(55)70)45(74)61-33(14-17-38(54)69)46(75)64-36(20-25(2)3)49(78)65-37(22-31-23-57-24-58-31)48(77)59-27(5)43(72)60-28(6)52(81)82/h9-13,23-29,32-37,41-42,68H,8,14-22,53H2,1-7H3,(H2,54,69)(H2,55,70)(H2,56,71)(H,57,58)(H,59,77)(H,60,72)(H,61,74)(H,62,79)(H,63,80)(H,64,75)(H,65,78)(H,66,73)(H,67,76)(H,81,82)/t26-,27-,28-,29+,32-,33-,34-,35-,36-,37-,41-,42-/m0/s1. The Bertz CT molecular complexity index is 2530. The lowest BCUT2D eigenvalue weighted by atomic mass is 9.96. The van der Waals surface area contributed by atoms with E-state index >= 15 is 0 Å².